The molecule has 1 aliphatic heterocycles. The molecule has 0 saturated carbocycles. The lowest BCUT2D eigenvalue weighted by Gasteiger charge is -2.20. The third-order valence-corrected chi connectivity index (χ3v) is 4.11. The van der Waals surface area contributed by atoms with Crippen molar-refractivity contribution in [2.45, 2.75) is 13.0 Å². The normalized spacial score (nSPS) is 13.0. The summed E-state index contributed by atoms with van der Waals surface area (Å²) in [5.41, 5.74) is 2.45. The van der Waals surface area contributed by atoms with Crippen LogP contribution in [-0.4, -0.2) is 26.9 Å². The van der Waals surface area contributed by atoms with Gasteiger partial charge in [0, 0.05) is 12.0 Å². The Morgan fingerprint density at radius 3 is 2.65 bits per heavy atom. The van der Waals surface area contributed by atoms with Gasteiger partial charge in [0.2, 0.25) is 0 Å². The van der Waals surface area contributed by atoms with Crippen LogP contribution in [0.15, 0.2) is 36.4 Å². The molecule has 5 heteroatoms. The summed E-state index contributed by atoms with van der Waals surface area (Å²) in [6.07, 6.45) is 1.02. The predicted molar refractivity (Wildman–Crippen MR) is 89.6 cm³/mol. The van der Waals surface area contributed by atoms with Crippen molar-refractivity contribution in [3.63, 3.8) is 0 Å². The van der Waals surface area contributed by atoms with Crippen LogP contribution in [0.3, 0.4) is 0 Å². The third-order valence-electron chi connectivity index (χ3n) is 3.83. The fourth-order valence-corrected chi connectivity index (χ4v) is 2.90. The van der Waals surface area contributed by atoms with Crippen LogP contribution in [0.5, 0.6) is 17.2 Å². The average molecular weight is 335 g/mol. The maximum atomic E-state index is 6.25. The number of fused-ring (bicyclic) bond motifs is 1. The molecule has 0 amide bonds. The minimum Gasteiger partial charge on any atom is -0.497 e. The van der Waals surface area contributed by atoms with Gasteiger partial charge in [0.1, 0.15) is 25.5 Å². The summed E-state index contributed by atoms with van der Waals surface area (Å²) in [5, 5.41) is 2.90. The van der Waals surface area contributed by atoms with Gasteiger partial charge in [-0.15, -0.1) is 0 Å². The number of quaternary nitrogens is 1. The van der Waals surface area contributed by atoms with E-state index in [0.717, 1.165) is 36.6 Å². The Kier molecular flexibility index (Phi) is 5.26. The fraction of sp³-hybridized carbons (Fsp3) is 0.333. The monoisotopic (exact) mass is 334 g/mol. The van der Waals surface area contributed by atoms with E-state index in [-0.39, 0.29) is 0 Å². The molecule has 2 aromatic rings. The van der Waals surface area contributed by atoms with Crippen LogP contribution in [-0.2, 0) is 13.0 Å². The van der Waals surface area contributed by atoms with Crippen LogP contribution in [0, 0.1) is 0 Å². The van der Waals surface area contributed by atoms with Gasteiger partial charge in [0.15, 0.2) is 11.5 Å². The van der Waals surface area contributed by atoms with Gasteiger partial charge in [-0.1, -0.05) is 23.7 Å². The van der Waals surface area contributed by atoms with Crippen molar-refractivity contribution < 1.29 is 19.5 Å². The fourth-order valence-electron chi connectivity index (χ4n) is 2.61. The summed E-state index contributed by atoms with van der Waals surface area (Å²) in [4.78, 5) is 0. The highest BCUT2D eigenvalue weighted by molar-refractivity contribution is 6.32. The van der Waals surface area contributed by atoms with Gasteiger partial charge in [0.05, 0.1) is 18.7 Å². The number of nitrogens with two attached hydrogens (primary N) is 1. The first-order valence-corrected chi connectivity index (χ1v) is 8.16. The van der Waals surface area contributed by atoms with Crippen LogP contribution in [0.4, 0.5) is 0 Å². The Hall–Kier alpha value is -1.91. The Balaban J connectivity index is 1.51. The van der Waals surface area contributed by atoms with Crippen molar-refractivity contribution in [3.8, 4) is 17.2 Å². The van der Waals surface area contributed by atoms with Crippen LogP contribution in [0.25, 0.3) is 0 Å². The average Bonchev–Trinajstić information content (AvgIpc) is 2.59. The van der Waals surface area contributed by atoms with E-state index >= 15 is 0 Å². The van der Waals surface area contributed by atoms with Crippen molar-refractivity contribution in [1.29, 1.82) is 0 Å². The molecule has 4 nitrogen and oxygen atoms in total. The van der Waals surface area contributed by atoms with Crippen LogP contribution >= 0.6 is 11.6 Å². The molecular weight excluding hydrogens is 314 g/mol. The predicted octanol–water partition coefficient (Wildman–Crippen LogP) is 2.43. The molecule has 0 aliphatic carbocycles. The second-order valence-corrected chi connectivity index (χ2v) is 5.89. The highest BCUT2D eigenvalue weighted by Gasteiger charge is 2.16. The van der Waals surface area contributed by atoms with E-state index in [1.54, 1.807) is 7.11 Å². The topological polar surface area (TPSA) is 44.3 Å². The molecular formula is C18H21ClNO3+. The molecule has 0 atom stereocenters. The minimum absolute atomic E-state index is 0.556. The first-order valence-electron chi connectivity index (χ1n) is 7.79. The van der Waals surface area contributed by atoms with Crippen molar-refractivity contribution in [2.24, 2.45) is 0 Å². The summed E-state index contributed by atoms with van der Waals surface area (Å²) in [6, 6.07) is 12.2. The number of hydrogen-bond acceptors (Lipinski definition) is 3. The number of ether oxygens (including phenoxy) is 3. The highest BCUT2D eigenvalue weighted by atomic mass is 35.5. The van der Waals surface area contributed by atoms with E-state index < -0.39 is 0 Å². The van der Waals surface area contributed by atoms with Crippen LogP contribution < -0.4 is 19.5 Å². The smallest absolute Gasteiger partial charge is 0.179 e. The second-order valence-electron chi connectivity index (χ2n) is 5.48. The van der Waals surface area contributed by atoms with Gasteiger partial charge < -0.3 is 19.5 Å². The standard InChI is InChI=1S/C18H20ClNO3/c1-21-15-4-2-13(3-5-15)6-7-20-12-14-10-16(19)18-17(11-14)22-8-9-23-18/h2-5,10-11,20H,6-9,12H2,1H3/p+1. The molecule has 0 unspecified atom stereocenters. The van der Waals surface area contributed by atoms with Crippen LogP contribution in [0.1, 0.15) is 11.1 Å². The summed E-state index contributed by atoms with van der Waals surface area (Å²) >= 11 is 6.25. The first-order chi connectivity index (χ1) is 11.3. The number of rotatable bonds is 6. The summed E-state index contributed by atoms with van der Waals surface area (Å²) in [6.45, 7) is 3.01. The molecule has 23 heavy (non-hydrogen) atoms. The number of halogens is 1. The van der Waals surface area contributed by atoms with E-state index in [1.807, 2.05) is 24.3 Å². The van der Waals surface area contributed by atoms with Gasteiger partial charge in [-0.2, -0.15) is 0 Å². The maximum Gasteiger partial charge on any atom is 0.179 e. The van der Waals surface area contributed by atoms with Crippen molar-refractivity contribution in [3.05, 3.63) is 52.5 Å². The van der Waals surface area contributed by atoms with E-state index in [9.17, 15) is 0 Å². The Morgan fingerprint density at radius 1 is 1.09 bits per heavy atom. The highest BCUT2D eigenvalue weighted by Crippen LogP contribution is 2.38. The van der Waals surface area contributed by atoms with E-state index in [2.05, 4.69) is 17.4 Å². The Labute approximate surface area is 141 Å². The molecule has 2 aromatic carbocycles. The zero-order valence-electron chi connectivity index (χ0n) is 13.2. The largest absolute Gasteiger partial charge is 0.497 e. The van der Waals surface area contributed by atoms with Crippen molar-refractivity contribution >= 4 is 11.6 Å². The quantitative estimate of drug-likeness (QED) is 0.825. The molecule has 0 radical (unpaired) electrons. The Morgan fingerprint density at radius 2 is 1.87 bits per heavy atom. The molecule has 1 aliphatic rings. The zero-order valence-corrected chi connectivity index (χ0v) is 13.9. The summed E-state index contributed by atoms with van der Waals surface area (Å²) < 4.78 is 16.3. The Bertz CT molecular complexity index is 658. The molecule has 2 N–H and O–H groups in total. The molecule has 0 aromatic heterocycles. The maximum absolute atomic E-state index is 6.25. The van der Waals surface area contributed by atoms with E-state index in [4.69, 9.17) is 25.8 Å². The molecule has 0 saturated heterocycles. The lowest BCUT2D eigenvalue weighted by Crippen LogP contribution is -2.83. The van der Waals surface area contributed by atoms with Crippen LogP contribution in [0.2, 0.25) is 5.02 Å². The van der Waals surface area contributed by atoms with Gasteiger partial charge in [-0.05, 0) is 29.8 Å². The summed E-state index contributed by atoms with van der Waals surface area (Å²) in [5.74, 6) is 2.31. The molecule has 0 fully saturated rings. The SMILES string of the molecule is COc1ccc(CC[NH2+]Cc2cc(Cl)c3c(c2)OCCO3)cc1. The molecule has 1 heterocycles. The number of methoxy groups -OCH3 is 1. The van der Waals surface area contributed by atoms with Gasteiger partial charge in [-0.3, -0.25) is 0 Å². The zero-order chi connectivity index (χ0) is 16.1. The van der Waals surface area contributed by atoms with Gasteiger partial charge in [0.25, 0.3) is 0 Å². The van der Waals surface area contributed by atoms with Gasteiger partial charge in [-0.25, -0.2) is 0 Å². The van der Waals surface area contributed by atoms with E-state index in [1.165, 1.54) is 5.56 Å². The van der Waals surface area contributed by atoms with Gasteiger partial charge >= 0.3 is 0 Å². The third kappa shape index (κ3) is 4.09. The number of benzene rings is 2. The molecule has 3 rings (SSSR count). The minimum atomic E-state index is 0.556. The molecule has 0 spiro atoms. The van der Waals surface area contributed by atoms with Crippen molar-refractivity contribution in [2.75, 3.05) is 26.9 Å². The molecule has 122 valence electrons. The second kappa shape index (κ2) is 7.57. The molecule has 0 bridgehead atoms. The lowest BCUT2D eigenvalue weighted by molar-refractivity contribution is -0.670. The van der Waals surface area contributed by atoms with Crippen molar-refractivity contribution in [1.82, 2.24) is 0 Å². The summed E-state index contributed by atoms with van der Waals surface area (Å²) in [7, 11) is 1.68. The number of hydrogen-bond donors (Lipinski definition) is 1. The first kappa shape index (κ1) is 16.0. The van der Waals surface area contributed by atoms with E-state index in [0.29, 0.717) is 24.0 Å². The lowest BCUT2D eigenvalue weighted by atomic mass is 10.1.